The molecule has 0 radical (unpaired) electrons. The Morgan fingerprint density at radius 2 is 2.10 bits per heavy atom. The summed E-state index contributed by atoms with van der Waals surface area (Å²) in [5.74, 6) is -0.0931. The van der Waals surface area contributed by atoms with Crippen LogP contribution in [0.4, 0.5) is 4.39 Å². The van der Waals surface area contributed by atoms with Crippen molar-refractivity contribution in [2.24, 2.45) is 0 Å². The Morgan fingerprint density at radius 1 is 1.38 bits per heavy atom. The number of rotatable bonds is 5. The third-order valence-electron chi connectivity index (χ3n) is 2.95. The Morgan fingerprint density at radius 3 is 2.67 bits per heavy atom. The number of aliphatic hydroxyl groups excluding tert-OH is 1. The van der Waals surface area contributed by atoms with Crippen molar-refractivity contribution >= 4 is 10.0 Å². The molecule has 0 fully saturated rings. The minimum atomic E-state index is -4.06. The van der Waals surface area contributed by atoms with E-state index < -0.39 is 20.7 Å². The Bertz CT molecular complexity index is 736. The highest BCUT2D eigenvalue weighted by Crippen LogP contribution is 2.17. The summed E-state index contributed by atoms with van der Waals surface area (Å²) in [5.41, 5.74) is 0.970. The lowest BCUT2D eigenvalue weighted by atomic mass is 10.2. The molecule has 0 amide bonds. The summed E-state index contributed by atoms with van der Waals surface area (Å²) in [7, 11) is -4.06. The zero-order chi connectivity index (χ0) is 15.6. The van der Waals surface area contributed by atoms with Gasteiger partial charge >= 0.3 is 0 Å². The Kier molecular flexibility index (Phi) is 4.40. The Labute approximate surface area is 121 Å². The maximum Gasteiger partial charge on any atom is 0.243 e. The molecule has 1 aromatic carbocycles. The standard InChI is InChI=1S/C13H15FN2O4S/c1-8-9(2)20-13(16-8)6-15-21(18,19)12-5-10(7-17)3-4-11(12)14/h3-5,15,17H,6-7H2,1-2H3. The molecule has 0 spiro atoms. The number of hydrogen-bond acceptors (Lipinski definition) is 5. The van der Waals surface area contributed by atoms with E-state index in [1.54, 1.807) is 13.8 Å². The third-order valence-corrected chi connectivity index (χ3v) is 4.37. The molecule has 0 aliphatic carbocycles. The number of nitrogens with zero attached hydrogens (tertiary/aromatic N) is 1. The van der Waals surface area contributed by atoms with Crippen LogP contribution >= 0.6 is 0 Å². The lowest BCUT2D eigenvalue weighted by molar-refractivity contribution is 0.281. The number of oxazole rings is 1. The normalized spacial score (nSPS) is 11.8. The second kappa shape index (κ2) is 5.92. The van der Waals surface area contributed by atoms with Crippen molar-refractivity contribution in [2.45, 2.75) is 31.9 Å². The summed E-state index contributed by atoms with van der Waals surface area (Å²) >= 11 is 0. The summed E-state index contributed by atoms with van der Waals surface area (Å²) < 4.78 is 45.3. The SMILES string of the molecule is Cc1nc(CNS(=O)(=O)c2cc(CO)ccc2F)oc1C. The van der Waals surface area contributed by atoms with Gasteiger partial charge in [-0.2, -0.15) is 0 Å². The Balaban J connectivity index is 2.22. The van der Waals surface area contributed by atoms with E-state index in [1.165, 1.54) is 6.07 Å². The van der Waals surface area contributed by atoms with Crippen LogP contribution in [0, 0.1) is 19.7 Å². The molecule has 6 nitrogen and oxygen atoms in total. The number of aliphatic hydroxyl groups is 1. The van der Waals surface area contributed by atoms with Crippen LogP contribution in [0.1, 0.15) is 22.9 Å². The summed E-state index contributed by atoms with van der Waals surface area (Å²) in [6, 6.07) is 3.40. The number of benzene rings is 1. The summed E-state index contributed by atoms with van der Waals surface area (Å²) in [5, 5.41) is 9.00. The molecule has 0 bridgehead atoms. The minimum Gasteiger partial charge on any atom is -0.444 e. The highest BCUT2D eigenvalue weighted by Gasteiger charge is 2.20. The van der Waals surface area contributed by atoms with E-state index in [0.717, 1.165) is 12.1 Å². The van der Waals surface area contributed by atoms with E-state index in [0.29, 0.717) is 17.0 Å². The van der Waals surface area contributed by atoms with Gasteiger partial charge in [-0.25, -0.2) is 22.5 Å². The maximum atomic E-state index is 13.7. The first kappa shape index (κ1) is 15.6. The van der Waals surface area contributed by atoms with Crippen molar-refractivity contribution in [2.75, 3.05) is 0 Å². The van der Waals surface area contributed by atoms with Crippen LogP contribution in [0.5, 0.6) is 0 Å². The summed E-state index contributed by atoms with van der Waals surface area (Å²) in [6.07, 6.45) is 0. The molecule has 2 rings (SSSR count). The van der Waals surface area contributed by atoms with Gasteiger partial charge in [-0.3, -0.25) is 0 Å². The van der Waals surface area contributed by atoms with Crippen molar-refractivity contribution in [3.05, 3.63) is 46.9 Å². The quantitative estimate of drug-likeness (QED) is 0.870. The molecule has 0 aliphatic rings. The van der Waals surface area contributed by atoms with E-state index in [4.69, 9.17) is 9.52 Å². The van der Waals surface area contributed by atoms with Crippen LogP contribution in [0.25, 0.3) is 0 Å². The minimum absolute atomic E-state index is 0.181. The fourth-order valence-corrected chi connectivity index (χ4v) is 2.80. The van der Waals surface area contributed by atoms with E-state index in [9.17, 15) is 12.8 Å². The highest BCUT2D eigenvalue weighted by atomic mass is 32.2. The molecule has 0 saturated heterocycles. The molecule has 114 valence electrons. The van der Waals surface area contributed by atoms with Gasteiger partial charge in [-0.05, 0) is 31.5 Å². The fraction of sp³-hybridized carbons (Fsp3) is 0.308. The van der Waals surface area contributed by atoms with Gasteiger partial charge in [0.15, 0.2) is 0 Å². The third kappa shape index (κ3) is 3.46. The van der Waals surface area contributed by atoms with Crippen molar-refractivity contribution in [3.8, 4) is 0 Å². The van der Waals surface area contributed by atoms with Crippen LogP contribution in [0.15, 0.2) is 27.5 Å². The van der Waals surface area contributed by atoms with Gasteiger partial charge in [0.25, 0.3) is 0 Å². The number of hydrogen-bond donors (Lipinski definition) is 2. The van der Waals surface area contributed by atoms with Crippen molar-refractivity contribution in [3.63, 3.8) is 0 Å². The average Bonchev–Trinajstić information content (AvgIpc) is 2.76. The summed E-state index contributed by atoms with van der Waals surface area (Å²) in [6.45, 7) is 2.90. The molecule has 1 heterocycles. The number of nitrogens with one attached hydrogen (secondary N) is 1. The largest absolute Gasteiger partial charge is 0.444 e. The summed E-state index contributed by atoms with van der Waals surface area (Å²) in [4.78, 5) is 3.52. The number of sulfonamides is 1. The van der Waals surface area contributed by atoms with Gasteiger partial charge in [-0.1, -0.05) is 6.07 Å². The first-order chi connectivity index (χ1) is 9.83. The molecule has 1 aromatic heterocycles. The van der Waals surface area contributed by atoms with Crippen LogP contribution in [0.2, 0.25) is 0 Å². The lowest BCUT2D eigenvalue weighted by Gasteiger charge is -2.07. The van der Waals surface area contributed by atoms with E-state index in [1.807, 2.05) is 0 Å². The van der Waals surface area contributed by atoms with Gasteiger partial charge < -0.3 is 9.52 Å². The van der Waals surface area contributed by atoms with Gasteiger partial charge in [0.1, 0.15) is 16.5 Å². The molecule has 0 saturated carbocycles. The molecule has 2 aromatic rings. The first-order valence-electron chi connectivity index (χ1n) is 6.15. The zero-order valence-corrected chi connectivity index (χ0v) is 12.4. The van der Waals surface area contributed by atoms with Crippen molar-refractivity contribution < 1.29 is 22.3 Å². The van der Waals surface area contributed by atoms with Crippen LogP contribution in [-0.4, -0.2) is 18.5 Å². The highest BCUT2D eigenvalue weighted by molar-refractivity contribution is 7.89. The van der Waals surface area contributed by atoms with E-state index in [2.05, 4.69) is 9.71 Å². The maximum absolute atomic E-state index is 13.7. The van der Waals surface area contributed by atoms with Crippen molar-refractivity contribution in [1.82, 2.24) is 9.71 Å². The van der Waals surface area contributed by atoms with Crippen molar-refractivity contribution in [1.29, 1.82) is 0 Å². The predicted molar refractivity (Wildman–Crippen MR) is 72.3 cm³/mol. The number of aromatic nitrogens is 1. The number of halogens is 1. The number of aryl methyl sites for hydroxylation is 2. The molecule has 8 heteroatoms. The smallest absolute Gasteiger partial charge is 0.243 e. The average molecular weight is 314 g/mol. The van der Waals surface area contributed by atoms with Crippen LogP contribution < -0.4 is 4.72 Å². The molecule has 21 heavy (non-hydrogen) atoms. The van der Waals surface area contributed by atoms with Gasteiger partial charge in [0, 0.05) is 0 Å². The predicted octanol–water partition coefficient (Wildman–Crippen LogP) is 1.40. The van der Waals surface area contributed by atoms with Crippen LogP contribution in [-0.2, 0) is 23.2 Å². The molecule has 0 aliphatic heterocycles. The second-order valence-corrected chi connectivity index (χ2v) is 6.23. The molecular weight excluding hydrogens is 299 g/mol. The monoisotopic (exact) mass is 314 g/mol. The Hall–Kier alpha value is -1.77. The molecule has 2 N–H and O–H groups in total. The fourth-order valence-electron chi connectivity index (χ4n) is 1.70. The second-order valence-electron chi connectivity index (χ2n) is 4.50. The zero-order valence-electron chi connectivity index (χ0n) is 11.6. The van der Waals surface area contributed by atoms with Crippen LogP contribution in [0.3, 0.4) is 0 Å². The molecule has 0 atom stereocenters. The lowest BCUT2D eigenvalue weighted by Crippen LogP contribution is -2.24. The van der Waals surface area contributed by atoms with E-state index >= 15 is 0 Å². The van der Waals surface area contributed by atoms with Gasteiger partial charge in [0.05, 0.1) is 18.8 Å². The van der Waals surface area contributed by atoms with E-state index in [-0.39, 0.29) is 19.0 Å². The van der Waals surface area contributed by atoms with Gasteiger partial charge in [0.2, 0.25) is 15.9 Å². The molecule has 0 unspecified atom stereocenters. The first-order valence-corrected chi connectivity index (χ1v) is 7.63. The van der Waals surface area contributed by atoms with Gasteiger partial charge in [-0.15, -0.1) is 0 Å². The topological polar surface area (TPSA) is 92.4 Å². The molecular formula is C13H15FN2O4S.